The summed E-state index contributed by atoms with van der Waals surface area (Å²) in [5.41, 5.74) is -0.398. The molecule has 2 aliphatic carbocycles. The summed E-state index contributed by atoms with van der Waals surface area (Å²) in [5, 5.41) is 3.59. The van der Waals surface area contributed by atoms with Gasteiger partial charge in [-0.25, -0.2) is 0 Å². The Labute approximate surface area is 122 Å². The Kier molecular flexibility index (Phi) is 4.04. The van der Waals surface area contributed by atoms with E-state index in [4.69, 9.17) is 4.74 Å². The van der Waals surface area contributed by atoms with Crippen molar-refractivity contribution in [3.63, 3.8) is 0 Å². The Balaban J connectivity index is 1.64. The molecule has 1 N–H and O–H groups in total. The number of likely N-dealkylation sites (tertiary alicyclic amines) is 1. The van der Waals surface area contributed by atoms with Crippen LogP contribution < -0.4 is 5.32 Å². The number of methoxy groups -OCH3 is 1. The van der Waals surface area contributed by atoms with Crippen molar-refractivity contribution in [3.8, 4) is 0 Å². The van der Waals surface area contributed by atoms with Gasteiger partial charge in [-0.2, -0.15) is 0 Å². The molecule has 3 fully saturated rings. The van der Waals surface area contributed by atoms with Gasteiger partial charge in [0.25, 0.3) is 0 Å². The van der Waals surface area contributed by atoms with Crippen LogP contribution in [0.2, 0.25) is 0 Å². The monoisotopic (exact) mass is 280 g/mol. The molecule has 4 nitrogen and oxygen atoms in total. The number of esters is 1. The number of nitrogens with one attached hydrogen (secondary N) is 1. The molecule has 0 bridgehead atoms. The van der Waals surface area contributed by atoms with Crippen LogP contribution in [0.1, 0.15) is 51.9 Å². The molecule has 3 aliphatic rings. The molecule has 3 atom stereocenters. The van der Waals surface area contributed by atoms with Gasteiger partial charge in [0.1, 0.15) is 5.54 Å². The van der Waals surface area contributed by atoms with E-state index in [-0.39, 0.29) is 5.97 Å². The van der Waals surface area contributed by atoms with Crippen molar-refractivity contribution in [2.24, 2.45) is 5.92 Å². The van der Waals surface area contributed by atoms with Crippen LogP contribution in [-0.4, -0.2) is 48.7 Å². The first-order chi connectivity index (χ1) is 9.66. The quantitative estimate of drug-likeness (QED) is 0.781. The summed E-state index contributed by atoms with van der Waals surface area (Å²) in [5.74, 6) is 0.817. The Morgan fingerprint density at radius 1 is 1.35 bits per heavy atom. The van der Waals surface area contributed by atoms with Crippen LogP contribution in [0.4, 0.5) is 0 Å². The van der Waals surface area contributed by atoms with E-state index in [1.807, 2.05) is 0 Å². The Bertz CT molecular complexity index is 369. The molecule has 4 heteroatoms. The maximum absolute atomic E-state index is 12.3. The van der Waals surface area contributed by atoms with Crippen molar-refractivity contribution < 1.29 is 9.53 Å². The summed E-state index contributed by atoms with van der Waals surface area (Å²) in [6, 6.07) is 1.12. The summed E-state index contributed by atoms with van der Waals surface area (Å²) in [6.07, 6.45) is 8.04. The molecule has 0 spiro atoms. The second kappa shape index (κ2) is 5.64. The zero-order valence-electron chi connectivity index (χ0n) is 12.9. The molecule has 0 amide bonds. The van der Waals surface area contributed by atoms with Gasteiger partial charge in [-0.15, -0.1) is 0 Å². The Morgan fingerprint density at radius 3 is 2.75 bits per heavy atom. The van der Waals surface area contributed by atoms with E-state index in [1.165, 1.54) is 45.9 Å². The summed E-state index contributed by atoms with van der Waals surface area (Å²) in [6.45, 7) is 4.72. The van der Waals surface area contributed by atoms with Gasteiger partial charge in [0, 0.05) is 18.6 Å². The van der Waals surface area contributed by atoms with Crippen molar-refractivity contribution in [1.82, 2.24) is 10.2 Å². The van der Waals surface area contributed by atoms with Gasteiger partial charge < -0.3 is 9.64 Å². The molecule has 20 heavy (non-hydrogen) atoms. The van der Waals surface area contributed by atoms with Gasteiger partial charge in [-0.3, -0.25) is 10.1 Å². The Hall–Kier alpha value is -0.610. The molecule has 1 heterocycles. The summed E-state index contributed by atoms with van der Waals surface area (Å²) in [7, 11) is 1.52. The molecule has 0 aromatic carbocycles. The van der Waals surface area contributed by atoms with E-state index in [0.29, 0.717) is 12.1 Å². The van der Waals surface area contributed by atoms with E-state index in [2.05, 4.69) is 17.1 Å². The van der Waals surface area contributed by atoms with Crippen LogP contribution in [0.3, 0.4) is 0 Å². The minimum atomic E-state index is -0.398. The Morgan fingerprint density at radius 2 is 2.15 bits per heavy atom. The first-order valence-corrected chi connectivity index (χ1v) is 8.27. The topological polar surface area (TPSA) is 41.6 Å². The number of nitrogens with zero attached hydrogens (tertiary/aromatic N) is 1. The maximum Gasteiger partial charge on any atom is 0.326 e. The maximum atomic E-state index is 12.3. The van der Waals surface area contributed by atoms with Gasteiger partial charge >= 0.3 is 5.97 Å². The van der Waals surface area contributed by atoms with E-state index in [9.17, 15) is 4.79 Å². The van der Waals surface area contributed by atoms with Crippen molar-refractivity contribution in [3.05, 3.63) is 0 Å². The summed E-state index contributed by atoms with van der Waals surface area (Å²) in [4.78, 5) is 14.9. The molecule has 0 aromatic rings. The molecule has 1 aliphatic heterocycles. The highest BCUT2D eigenvalue weighted by atomic mass is 16.5. The van der Waals surface area contributed by atoms with Crippen LogP contribution in [0.5, 0.6) is 0 Å². The van der Waals surface area contributed by atoms with Crippen LogP contribution >= 0.6 is 0 Å². The standard InChI is InChI=1S/C16H28N2O2/c1-3-12-7-9-18(11-12)14-6-8-16(10-14,15(19)20-2)17-13-4-5-13/h12-14,17H,3-11H2,1-2H3. The first-order valence-electron chi connectivity index (χ1n) is 8.27. The fourth-order valence-electron chi connectivity index (χ4n) is 4.05. The third kappa shape index (κ3) is 2.73. The highest BCUT2D eigenvalue weighted by Gasteiger charge is 2.50. The lowest BCUT2D eigenvalue weighted by Gasteiger charge is -2.30. The number of rotatable bonds is 5. The molecule has 3 unspecified atom stereocenters. The number of carbonyl (C=O) groups is 1. The highest BCUT2D eigenvalue weighted by molar-refractivity contribution is 5.81. The third-order valence-electron chi connectivity index (χ3n) is 5.53. The largest absolute Gasteiger partial charge is 0.468 e. The van der Waals surface area contributed by atoms with Gasteiger partial charge in [-0.1, -0.05) is 13.3 Å². The predicted octanol–water partition coefficient (Wildman–Crippen LogP) is 1.93. The van der Waals surface area contributed by atoms with Crippen LogP contribution in [0, 0.1) is 5.92 Å². The number of ether oxygens (including phenoxy) is 1. The predicted molar refractivity (Wildman–Crippen MR) is 78.5 cm³/mol. The average Bonchev–Trinajstić information content (AvgIpc) is 2.98. The van der Waals surface area contributed by atoms with Crippen molar-refractivity contribution in [2.75, 3.05) is 20.2 Å². The molecule has 114 valence electrons. The zero-order chi connectivity index (χ0) is 14.2. The first kappa shape index (κ1) is 14.3. The minimum absolute atomic E-state index is 0.0434. The number of hydrogen-bond acceptors (Lipinski definition) is 4. The molecule has 3 rings (SSSR count). The lowest BCUT2D eigenvalue weighted by molar-refractivity contribution is -0.148. The van der Waals surface area contributed by atoms with Crippen molar-refractivity contribution >= 4 is 5.97 Å². The second-order valence-electron chi connectivity index (χ2n) is 6.95. The van der Waals surface area contributed by atoms with Gasteiger partial charge in [-0.05, 0) is 51.0 Å². The smallest absolute Gasteiger partial charge is 0.326 e. The number of carbonyl (C=O) groups excluding carboxylic acids is 1. The average molecular weight is 280 g/mol. The minimum Gasteiger partial charge on any atom is -0.468 e. The van der Waals surface area contributed by atoms with E-state index in [1.54, 1.807) is 0 Å². The van der Waals surface area contributed by atoms with Crippen LogP contribution in [0.15, 0.2) is 0 Å². The summed E-state index contributed by atoms with van der Waals surface area (Å²) < 4.78 is 5.10. The summed E-state index contributed by atoms with van der Waals surface area (Å²) >= 11 is 0. The molecule has 0 radical (unpaired) electrons. The zero-order valence-corrected chi connectivity index (χ0v) is 12.9. The lowest BCUT2D eigenvalue weighted by Crippen LogP contribution is -2.52. The lowest BCUT2D eigenvalue weighted by atomic mass is 9.97. The van der Waals surface area contributed by atoms with Gasteiger partial charge in [0.2, 0.25) is 0 Å². The van der Waals surface area contributed by atoms with E-state index in [0.717, 1.165) is 25.2 Å². The molecular formula is C16H28N2O2. The van der Waals surface area contributed by atoms with E-state index < -0.39 is 5.54 Å². The number of hydrogen-bond donors (Lipinski definition) is 1. The van der Waals surface area contributed by atoms with Crippen molar-refractivity contribution in [1.29, 1.82) is 0 Å². The van der Waals surface area contributed by atoms with Crippen LogP contribution in [-0.2, 0) is 9.53 Å². The van der Waals surface area contributed by atoms with Crippen LogP contribution in [0.25, 0.3) is 0 Å². The third-order valence-corrected chi connectivity index (χ3v) is 5.53. The normalized spacial score (nSPS) is 38.3. The highest BCUT2D eigenvalue weighted by Crippen LogP contribution is 2.39. The molecular weight excluding hydrogens is 252 g/mol. The fourth-order valence-corrected chi connectivity index (χ4v) is 4.05. The molecule has 2 saturated carbocycles. The van der Waals surface area contributed by atoms with Crippen molar-refractivity contribution in [2.45, 2.75) is 69.5 Å². The van der Waals surface area contributed by atoms with Gasteiger partial charge in [0.05, 0.1) is 7.11 Å². The van der Waals surface area contributed by atoms with E-state index >= 15 is 0 Å². The fraction of sp³-hybridized carbons (Fsp3) is 0.938. The SMILES string of the molecule is CCC1CCN(C2CCC(NC3CC3)(C(=O)OC)C2)C1. The van der Waals surface area contributed by atoms with Gasteiger partial charge in [0.15, 0.2) is 0 Å². The molecule has 1 saturated heterocycles. The second-order valence-corrected chi connectivity index (χ2v) is 6.95. The molecule has 0 aromatic heterocycles.